The molecular weight excluding hydrogens is 194 g/mol. The Kier molecular flexibility index (Phi) is 2.98. The Morgan fingerprint density at radius 1 is 1.33 bits per heavy atom. The van der Waals surface area contributed by atoms with Gasteiger partial charge in [-0.15, -0.1) is 0 Å². The van der Waals surface area contributed by atoms with Crippen LogP contribution in [0.1, 0.15) is 38.5 Å². The van der Waals surface area contributed by atoms with Gasteiger partial charge in [0.25, 0.3) is 0 Å². The van der Waals surface area contributed by atoms with Crippen LogP contribution in [-0.2, 0) is 4.79 Å². The molecule has 0 saturated heterocycles. The summed E-state index contributed by atoms with van der Waals surface area (Å²) in [6, 6.07) is 0.408. The summed E-state index contributed by atoms with van der Waals surface area (Å²) >= 11 is 0. The zero-order valence-corrected chi connectivity index (χ0v) is 8.98. The van der Waals surface area contributed by atoms with Gasteiger partial charge in [-0.05, 0) is 25.7 Å². The van der Waals surface area contributed by atoms with Crippen molar-refractivity contribution in [3.63, 3.8) is 0 Å². The summed E-state index contributed by atoms with van der Waals surface area (Å²) in [6.45, 7) is 0.622. The zero-order chi connectivity index (χ0) is 10.9. The van der Waals surface area contributed by atoms with Crippen molar-refractivity contribution in [2.24, 2.45) is 0 Å². The lowest BCUT2D eigenvalue weighted by Crippen LogP contribution is -2.44. The molecule has 15 heavy (non-hydrogen) atoms. The molecule has 0 bridgehead atoms. The second-order valence-electron chi connectivity index (χ2n) is 4.96. The number of rotatable bonds is 5. The highest BCUT2D eigenvalue weighted by molar-refractivity contribution is 5.69. The van der Waals surface area contributed by atoms with E-state index in [9.17, 15) is 9.90 Å². The Hall–Kier alpha value is -0.610. The second kappa shape index (κ2) is 4.10. The number of nitrogens with zero attached hydrogens (tertiary/aromatic N) is 1. The summed E-state index contributed by atoms with van der Waals surface area (Å²) < 4.78 is 0. The van der Waals surface area contributed by atoms with Crippen molar-refractivity contribution in [1.82, 2.24) is 4.90 Å². The van der Waals surface area contributed by atoms with Crippen LogP contribution in [0.25, 0.3) is 0 Å². The van der Waals surface area contributed by atoms with Gasteiger partial charge in [-0.1, -0.05) is 12.8 Å². The van der Waals surface area contributed by atoms with Gasteiger partial charge in [0.15, 0.2) is 0 Å². The monoisotopic (exact) mass is 213 g/mol. The molecule has 4 nitrogen and oxygen atoms in total. The van der Waals surface area contributed by atoms with Crippen molar-refractivity contribution >= 4 is 5.97 Å². The number of aliphatic hydroxyl groups is 1. The van der Waals surface area contributed by atoms with Crippen molar-refractivity contribution in [3.8, 4) is 0 Å². The van der Waals surface area contributed by atoms with E-state index in [0.717, 1.165) is 38.5 Å². The average molecular weight is 213 g/mol. The molecule has 2 rings (SSSR count). The number of carboxylic acid groups (broad SMARTS) is 1. The Labute approximate surface area is 89.9 Å². The lowest BCUT2D eigenvalue weighted by atomic mass is 10.0. The number of carboxylic acids is 1. The Balaban J connectivity index is 1.90. The van der Waals surface area contributed by atoms with E-state index in [1.165, 1.54) is 0 Å². The summed E-state index contributed by atoms with van der Waals surface area (Å²) in [7, 11) is 0. The normalized spacial score (nSPS) is 24.7. The van der Waals surface area contributed by atoms with Crippen molar-refractivity contribution in [3.05, 3.63) is 0 Å². The van der Waals surface area contributed by atoms with E-state index in [4.69, 9.17) is 5.11 Å². The molecular formula is C11H19NO3. The summed E-state index contributed by atoms with van der Waals surface area (Å²) in [6.07, 6.45) is 5.97. The van der Waals surface area contributed by atoms with Gasteiger partial charge in [0, 0.05) is 12.6 Å². The van der Waals surface area contributed by atoms with Crippen LogP contribution in [0.4, 0.5) is 0 Å². The fraction of sp³-hybridized carbons (Fsp3) is 0.909. The first-order chi connectivity index (χ1) is 7.09. The highest BCUT2D eigenvalue weighted by Crippen LogP contribution is 2.34. The molecule has 2 N–H and O–H groups in total. The van der Waals surface area contributed by atoms with Gasteiger partial charge in [0.2, 0.25) is 0 Å². The molecule has 0 aromatic carbocycles. The van der Waals surface area contributed by atoms with E-state index < -0.39 is 11.6 Å². The van der Waals surface area contributed by atoms with Crippen molar-refractivity contribution in [2.45, 2.75) is 50.2 Å². The number of aliphatic carboxylic acids is 1. The minimum Gasteiger partial charge on any atom is -0.480 e. The van der Waals surface area contributed by atoms with Gasteiger partial charge >= 0.3 is 5.97 Å². The van der Waals surface area contributed by atoms with Gasteiger partial charge in [-0.25, -0.2) is 0 Å². The lowest BCUT2D eigenvalue weighted by Gasteiger charge is -2.30. The van der Waals surface area contributed by atoms with Crippen LogP contribution in [0.5, 0.6) is 0 Å². The van der Waals surface area contributed by atoms with Crippen LogP contribution in [0.2, 0.25) is 0 Å². The molecule has 0 unspecified atom stereocenters. The average Bonchev–Trinajstić information content (AvgIpc) is 2.89. The van der Waals surface area contributed by atoms with Gasteiger partial charge in [0.05, 0.1) is 12.1 Å². The Morgan fingerprint density at radius 2 is 1.93 bits per heavy atom. The molecule has 0 aromatic heterocycles. The zero-order valence-electron chi connectivity index (χ0n) is 8.98. The number of hydrogen-bond donors (Lipinski definition) is 2. The molecule has 0 heterocycles. The molecule has 0 spiro atoms. The van der Waals surface area contributed by atoms with Crippen LogP contribution >= 0.6 is 0 Å². The summed E-state index contributed by atoms with van der Waals surface area (Å²) in [5, 5.41) is 19.0. The molecule has 86 valence electrons. The fourth-order valence-corrected chi connectivity index (χ4v) is 2.50. The minimum atomic E-state index is -0.788. The minimum absolute atomic E-state index is 0.0764. The van der Waals surface area contributed by atoms with E-state index >= 15 is 0 Å². The third kappa shape index (κ3) is 2.92. The quantitative estimate of drug-likeness (QED) is 0.710. The first-order valence-corrected chi connectivity index (χ1v) is 5.77. The van der Waals surface area contributed by atoms with Crippen molar-refractivity contribution in [2.75, 3.05) is 13.1 Å². The molecule has 0 radical (unpaired) electrons. The van der Waals surface area contributed by atoms with Gasteiger partial charge in [-0.3, -0.25) is 9.69 Å². The molecule has 2 aliphatic carbocycles. The second-order valence-corrected chi connectivity index (χ2v) is 4.96. The molecule has 0 aromatic rings. The third-order valence-corrected chi connectivity index (χ3v) is 3.43. The van der Waals surface area contributed by atoms with Gasteiger partial charge in [-0.2, -0.15) is 0 Å². The first kappa shape index (κ1) is 10.9. The summed E-state index contributed by atoms with van der Waals surface area (Å²) in [4.78, 5) is 12.6. The topological polar surface area (TPSA) is 60.8 Å². The highest BCUT2D eigenvalue weighted by Gasteiger charge is 2.38. The third-order valence-electron chi connectivity index (χ3n) is 3.43. The summed E-state index contributed by atoms with van der Waals surface area (Å²) in [5.41, 5.74) is -0.613. The van der Waals surface area contributed by atoms with Crippen molar-refractivity contribution in [1.29, 1.82) is 0 Å². The smallest absolute Gasteiger partial charge is 0.317 e. The maximum Gasteiger partial charge on any atom is 0.317 e. The van der Waals surface area contributed by atoms with E-state index in [-0.39, 0.29) is 6.54 Å². The van der Waals surface area contributed by atoms with Gasteiger partial charge < -0.3 is 10.2 Å². The standard InChI is InChI=1S/C11H19NO3/c13-10(14)7-12(9-3-4-9)8-11(15)5-1-2-6-11/h9,15H,1-8H2,(H,13,14). The van der Waals surface area contributed by atoms with E-state index in [1.807, 2.05) is 4.90 Å². The largest absolute Gasteiger partial charge is 0.480 e. The van der Waals surface area contributed by atoms with E-state index in [1.54, 1.807) is 0 Å². The van der Waals surface area contributed by atoms with Crippen LogP contribution in [0.3, 0.4) is 0 Å². The number of hydrogen-bond acceptors (Lipinski definition) is 3. The highest BCUT2D eigenvalue weighted by atomic mass is 16.4. The van der Waals surface area contributed by atoms with Crippen LogP contribution in [0, 0.1) is 0 Å². The molecule has 0 aliphatic heterocycles. The molecule has 2 fully saturated rings. The van der Waals surface area contributed by atoms with Crippen LogP contribution in [-0.4, -0.2) is 45.8 Å². The maximum absolute atomic E-state index is 10.7. The number of carbonyl (C=O) groups is 1. The molecule has 0 atom stereocenters. The van der Waals surface area contributed by atoms with Crippen molar-refractivity contribution < 1.29 is 15.0 Å². The Bertz CT molecular complexity index is 244. The first-order valence-electron chi connectivity index (χ1n) is 5.77. The molecule has 0 amide bonds. The van der Waals surface area contributed by atoms with Crippen LogP contribution < -0.4 is 0 Å². The SMILES string of the molecule is O=C(O)CN(CC1(O)CCCC1)C1CC1. The molecule has 2 aliphatic rings. The predicted octanol–water partition coefficient (Wildman–Crippen LogP) is 0.840. The molecule has 2 saturated carbocycles. The van der Waals surface area contributed by atoms with Crippen LogP contribution in [0.15, 0.2) is 0 Å². The Morgan fingerprint density at radius 3 is 2.40 bits per heavy atom. The fourth-order valence-electron chi connectivity index (χ4n) is 2.50. The summed E-state index contributed by atoms with van der Waals surface area (Å²) in [5.74, 6) is -0.788. The van der Waals surface area contributed by atoms with Gasteiger partial charge in [0.1, 0.15) is 0 Å². The predicted molar refractivity (Wildman–Crippen MR) is 55.6 cm³/mol. The van der Waals surface area contributed by atoms with E-state index in [2.05, 4.69) is 0 Å². The van der Waals surface area contributed by atoms with E-state index in [0.29, 0.717) is 12.6 Å². The maximum atomic E-state index is 10.7. The molecule has 4 heteroatoms. The lowest BCUT2D eigenvalue weighted by molar-refractivity contribution is -0.139.